The highest BCUT2D eigenvalue weighted by Crippen LogP contribution is 2.39. The van der Waals surface area contributed by atoms with Gasteiger partial charge in [0.2, 0.25) is 5.69 Å². The van der Waals surface area contributed by atoms with E-state index < -0.39 is 12.1 Å². The fourth-order valence-electron chi connectivity index (χ4n) is 3.43. The summed E-state index contributed by atoms with van der Waals surface area (Å²) in [7, 11) is 1.67. The molecular formula is C22H20N2O3. The van der Waals surface area contributed by atoms with E-state index in [1.54, 1.807) is 35.9 Å². The molecule has 2 N–H and O–H groups in total. The smallest absolute Gasteiger partial charge is 0.351 e. The van der Waals surface area contributed by atoms with Crippen molar-refractivity contribution in [3.63, 3.8) is 0 Å². The molecule has 0 saturated carbocycles. The summed E-state index contributed by atoms with van der Waals surface area (Å²) in [4.78, 5) is 15.4. The van der Waals surface area contributed by atoms with Gasteiger partial charge in [-0.05, 0) is 23.1 Å². The van der Waals surface area contributed by atoms with Gasteiger partial charge in [-0.15, -0.1) is 0 Å². The Kier molecular flexibility index (Phi) is 5.11. The van der Waals surface area contributed by atoms with Crippen molar-refractivity contribution in [1.29, 1.82) is 0 Å². The first kappa shape index (κ1) is 18.4. The second-order valence-corrected chi connectivity index (χ2v) is 6.28. The molecule has 0 radical (unpaired) electrons. The fourth-order valence-corrected chi connectivity index (χ4v) is 3.43. The number of rotatable bonds is 5. The Morgan fingerprint density at radius 3 is 2.22 bits per heavy atom. The summed E-state index contributed by atoms with van der Waals surface area (Å²) in [6, 6.07) is 16.4. The second kappa shape index (κ2) is 7.48. The van der Waals surface area contributed by atoms with Crippen LogP contribution < -0.4 is 0 Å². The normalized spacial score (nSPS) is 11.8. The van der Waals surface area contributed by atoms with Crippen LogP contribution in [0.25, 0.3) is 16.0 Å². The van der Waals surface area contributed by atoms with Gasteiger partial charge < -0.3 is 14.8 Å². The van der Waals surface area contributed by atoms with Gasteiger partial charge in [0.25, 0.3) is 0 Å². The predicted octanol–water partition coefficient (Wildman–Crippen LogP) is 4.59. The molecule has 0 spiro atoms. The maximum atomic E-state index is 11.8. The number of hydrogen-bond acceptors (Lipinski definition) is 2. The van der Waals surface area contributed by atoms with Crippen molar-refractivity contribution in [3.8, 4) is 11.1 Å². The van der Waals surface area contributed by atoms with Crippen LogP contribution in [-0.4, -0.2) is 20.7 Å². The minimum atomic E-state index is -1.06. The van der Waals surface area contributed by atoms with Crippen LogP contribution in [0.1, 0.15) is 40.3 Å². The molecule has 1 unspecified atom stereocenters. The van der Waals surface area contributed by atoms with Gasteiger partial charge in [0.1, 0.15) is 11.8 Å². The van der Waals surface area contributed by atoms with E-state index in [9.17, 15) is 15.0 Å². The van der Waals surface area contributed by atoms with Crippen molar-refractivity contribution in [1.82, 2.24) is 4.57 Å². The molecule has 0 aliphatic heterocycles. The number of nitrogens with zero attached hydrogens (tertiary/aromatic N) is 2. The van der Waals surface area contributed by atoms with E-state index in [1.807, 2.05) is 37.3 Å². The van der Waals surface area contributed by atoms with Gasteiger partial charge in [-0.3, -0.25) is 0 Å². The number of hydrogen-bond donors (Lipinski definition) is 2. The third-order valence-electron chi connectivity index (χ3n) is 4.77. The van der Waals surface area contributed by atoms with E-state index >= 15 is 0 Å². The van der Waals surface area contributed by atoms with Gasteiger partial charge in [-0.1, -0.05) is 61.5 Å². The van der Waals surface area contributed by atoms with Crippen LogP contribution in [0.2, 0.25) is 0 Å². The van der Waals surface area contributed by atoms with Gasteiger partial charge in [0.05, 0.1) is 6.57 Å². The number of carbonyl (C=O) groups is 1. The molecule has 27 heavy (non-hydrogen) atoms. The number of aliphatic hydroxyl groups excluding tert-OH is 1. The average Bonchev–Trinajstić information content (AvgIpc) is 2.99. The van der Waals surface area contributed by atoms with Gasteiger partial charge in [0, 0.05) is 18.3 Å². The minimum absolute atomic E-state index is 0.106. The Labute approximate surface area is 158 Å². The van der Waals surface area contributed by atoms with E-state index in [1.165, 1.54) is 0 Å². The lowest BCUT2D eigenvalue weighted by atomic mass is 9.97. The van der Waals surface area contributed by atoms with Crippen molar-refractivity contribution in [3.05, 3.63) is 88.5 Å². The summed E-state index contributed by atoms with van der Waals surface area (Å²) < 4.78 is 1.58. The molecule has 5 nitrogen and oxygen atoms in total. The molecule has 1 aromatic heterocycles. The Balaban J connectivity index is 2.08. The molecule has 1 atom stereocenters. The van der Waals surface area contributed by atoms with E-state index in [0.717, 1.165) is 5.56 Å². The standard InChI is InChI=1S/C22H20N2O3/c1-4-17-19(23-2)18(20(22(26)27)24(17)3)14-10-12-16(13-11-14)21(25)15-8-6-5-7-9-15/h5-13,21,25H,4H2,1,3H3,(H,26,27). The van der Waals surface area contributed by atoms with Crippen molar-refractivity contribution >= 4 is 11.7 Å². The van der Waals surface area contributed by atoms with Crippen LogP contribution in [0.15, 0.2) is 54.6 Å². The Morgan fingerprint density at radius 2 is 1.70 bits per heavy atom. The second-order valence-electron chi connectivity index (χ2n) is 6.28. The molecule has 2 aromatic carbocycles. The molecule has 1 heterocycles. The van der Waals surface area contributed by atoms with E-state index in [4.69, 9.17) is 6.57 Å². The molecule has 0 aliphatic rings. The lowest BCUT2D eigenvalue weighted by Gasteiger charge is -2.12. The van der Waals surface area contributed by atoms with Gasteiger partial charge in [-0.2, -0.15) is 0 Å². The fraction of sp³-hybridized carbons (Fsp3) is 0.182. The maximum absolute atomic E-state index is 11.8. The first-order chi connectivity index (χ1) is 13.0. The third-order valence-corrected chi connectivity index (χ3v) is 4.77. The monoisotopic (exact) mass is 360 g/mol. The van der Waals surface area contributed by atoms with Crippen LogP contribution >= 0.6 is 0 Å². The van der Waals surface area contributed by atoms with Crippen molar-refractivity contribution in [2.45, 2.75) is 19.4 Å². The molecule has 0 bridgehead atoms. The van der Waals surface area contributed by atoms with E-state index in [2.05, 4.69) is 4.85 Å². The zero-order valence-corrected chi connectivity index (χ0v) is 15.2. The predicted molar refractivity (Wildman–Crippen MR) is 104 cm³/mol. The molecular weight excluding hydrogens is 340 g/mol. The zero-order valence-electron chi connectivity index (χ0n) is 15.2. The number of aromatic carboxylic acids is 1. The summed E-state index contributed by atoms with van der Waals surface area (Å²) >= 11 is 0. The summed E-state index contributed by atoms with van der Waals surface area (Å²) in [6.07, 6.45) is -0.194. The van der Waals surface area contributed by atoms with Gasteiger partial charge >= 0.3 is 5.97 Å². The lowest BCUT2D eigenvalue weighted by molar-refractivity contribution is 0.0687. The van der Waals surface area contributed by atoms with Crippen LogP contribution in [0, 0.1) is 6.57 Å². The van der Waals surface area contributed by atoms with Crippen LogP contribution in [0.4, 0.5) is 5.69 Å². The topological polar surface area (TPSA) is 66.8 Å². The minimum Gasteiger partial charge on any atom is -0.477 e. The Bertz CT molecular complexity index is 1010. The molecule has 0 amide bonds. The molecule has 136 valence electrons. The summed E-state index contributed by atoms with van der Waals surface area (Å²) in [5, 5.41) is 20.2. The van der Waals surface area contributed by atoms with Crippen LogP contribution in [-0.2, 0) is 13.5 Å². The highest BCUT2D eigenvalue weighted by Gasteiger charge is 2.25. The molecule has 5 heteroatoms. The molecule has 0 fully saturated rings. The Hall–Kier alpha value is -3.36. The highest BCUT2D eigenvalue weighted by atomic mass is 16.4. The Morgan fingerprint density at radius 1 is 1.11 bits per heavy atom. The molecule has 3 rings (SSSR count). The molecule has 0 aliphatic carbocycles. The van der Waals surface area contributed by atoms with E-state index in [0.29, 0.717) is 34.5 Å². The lowest BCUT2D eigenvalue weighted by Crippen LogP contribution is -2.07. The maximum Gasteiger partial charge on any atom is 0.351 e. The first-order valence-corrected chi connectivity index (χ1v) is 8.65. The van der Waals surface area contributed by atoms with Crippen LogP contribution in [0.5, 0.6) is 0 Å². The summed E-state index contributed by atoms with van der Waals surface area (Å²) in [6.45, 7) is 9.43. The largest absolute Gasteiger partial charge is 0.477 e. The van der Waals surface area contributed by atoms with E-state index in [-0.39, 0.29) is 5.69 Å². The first-order valence-electron chi connectivity index (χ1n) is 8.65. The highest BCUT2D eigenvalue weighted by molar-refractivity contribution is 6.00. The van der Waals surface area contributed by atoms with Crippen molar-refractivity contribution in [2.24, 2.45) is 7.05 Å². The summed E-state index contributed by atoms with van der Waals surface area (Å²) in [5.41, 5.74) is 3.74. The van der Waals surface area contributed by atoms with Crippen molar-refractivity contribution in [2.75, 3.05) is 0 Å². The van der Waals surface area contributed by atoms with Crippen LogP contribution in [0.3, 0.4) is 0 Å². The quantitative estimate of drug-likeness (QED) is 0.654. The number of aromatic nitrogens is 1. The molecule has 3 aromatic rings. The summed E-state index contributed by atoms with van der Waals surface area (Å²) in [5.74, 6) is -1.06. The zero-order chi connectivity index (χ0) is 19.6. The average molecular weight is 360 g/mol. The SMILES string of the molecule is [C-]#[N+]c1c(-c2ccc(C(O)c3ccccc3)cc2)c(C(=O)O)n(C)c1CC. The number of benzene rings is 2. The number of carboxylic acids is 1. The van der Waals surface area contributed by atoms with Gasteiger partial charge in [0.15, 0.2) is 0 Å². The molecule has 0 saturated heterocycles. The van der Waals surface area contributed by atoms with Gasteiger partial charge in [-0.25, -0.2) is 9.64 Å². The van der Waals surface area contributed by atoms with Crippen molar-refractivity contribution < 1.29 is 15.0 Å². The number of carboxylic acid groups (broad SMARTS) is 1. The third kappa shape index (κ3) is 3.23. The number of aliphatic hydroxyl groups is 1.